The van der Waals surface area contributed by atoms with Gasteiger partial charge in [-0.2, -0.15) is 0 Å². The van der Waals surface area contributed by atoms with Crippen LogP contribution < -0.4 is 5.73 Å². The van der Waals surface area contributed by atoms with Crippen LogP contribution in [0.15, 0.2) is 34.7 Å². The second kappa shape index (κ2) is 7.20. The topological polar surface area (TPSA) is 119 Å². The Morgan fingerprint density at radius 3 is 2.70 bits per heavy atom. The zero-order valence-electron chi connectivity index (χ0n) is 12.2. The van der Waals surface area contributed by atoms with Crippen molar-refractivity contribution in [2.45, 2.75) is 24.9 Å². The molecule has 9 heteroatoms. The van der Waals surface area contributed by atoms with Gasteiger partial charge >= 0.3 is 36.5 Å². The summed E-state index contributed by atoms with van der Waals surface area (Å²) in [7, 11) is 0. The molecule has 4 rings (SSSR count). The first-order valence-electron chi connectivity index (χ1n) is 7.05. The minimum atomic E-state index is -0.712. The number of anilines is 1. The summed E-state index contributed by atoms with van der Waals surface area (Å²) in [6, 6.07) is 4.17. The third-order valence-electron chi connectivity index (χ3n) is 3.46. The normalized spacial score (nSPS) is 23.7. The number of hydrogen-bond acceptors (Lipinski definition) is 7. The van der Waals surface area contributed by atoms with Gasteiger partial charge in [0.15, 0.2) is 17.7 Å². The summed E-state index contributed by atoms with van der Waals surface area (Å²) in [4.78, 5) is 16.4. The van der Waals surface area contributed by atoms with Gasteiger partial charge in [-0.05, 0) is 0 Å². The molecule has 4 heterocycles. The van der Waals surface area contributed by atoms with E-state index in [2.05, 4.69) is 37.0 Å². The zero-order chi connectivity index (χ0) is 16.2. The van der Waals surface area contributed by atoms with Crippen LogP contribution in [-0.2, 0) is 4.74 Å². The van der Waals surface area contributed by atoms with Gasteiger partial charge in [0.25, 0.3) is 0 Å². The molecule has 0 radical (unpaired) electrons. The fourth-order valence-corrected chi connectivity index (χ4v) is 3.33. The summed E-state index contributed by atoms with van der Waals surface area (Å²) in [5.74, 6) is 0.282. The second-order valence-corrected chi connectivity index (χ2v) is 6.72. The van der Waals surface area contributed by atoms with Crippen molar-refractivity contribution in [2.24, 2.45) is 0 Å². The molecule has 0 aromatic carbocycles. The number of nitrogen functional groups attached to an aromatic ring is 1. The van der Waals surface area contributed by atoms with E-state index in [0.29, 0.717) is 32.1 Å². The average molecular weight is 382 g/mol. The molecule has 1 saturated heterocycles. The fourth-order valence-electron chi connectivity index (χ4n) is 2.38. The molecule has 8 nitrogen and oxygen atoms in total. The summed E-state index contributed by atoms with van der Waals surface area (Å²) in [5.41, 5.74) is 6.66. The summed E-state index contributed by atoms with van der Waals surface area (Å²) in [6.45, 7) is -0.128. The quantitative estimate of drug-likeness (QED) is 0.525. The van der Waals surface area contributed by atoms with Crippen LogP contribution in [0.1, 0.15) is 12.6 Å². The molecule has 0 bridgehead atoms. The van der Waals surface area contributed by atoms with Gasteiger partial charge in [-0.15, -0.1) is 0 Å². The van der Waals surface area contributed by atoms with Crippen LogP contribution in [0.25, 0.3) is 11.2 Å². The van der Waals surface area contributed by atoms with Crippen molar-refractivity contribution in [3.63, 3.8) is 0 Å². The molecule has 1 fully saturated rings. The first-order chi connectivity index (χ1) is 11.2. The van der Waals surface area contributed by atoms with Crippen molar-refractivity contribution in [2.75, 3.05) is 12.3 Å². The number of nitrogens with zero attached hydrogens (tertiary/aromatic N) is 4. The fraction of sp³-hybridized carbons (Fsp3) is 0.357. The molecule has 3 aromatic rings. The second-order valence-electron chi connectivity index (χ2n) is 5.01. The van der Waals surface area contributed by atoms with Crippen LogP contribution in [0.5, 0.6) is 0 Å². The number of aliphatic hydroxyl groups is 2. The van der Waals surface area contributed by atoms with E-state index in [1.165, 1.54) is 12.7 Å². The first-order valence-corrected chi connectivity index (χ1v) is 9.03. The summed E-state index contributed by atoms with van der Waals surface area (Å²) >= 11 is 0.708. The van der Waals surface area contributed by atoms with Gasteiger partial charge in [-0.3, -0.25) is 4.57 Å². The molecule has 4 N–H and O–H groups in total. The Kier molecular flexibility index (Phi) is 5.04. The molecule has 0 saturated carbocycles. The predicted octanol–water partition coefficient (Wildman–Crippen LogP) is -0.207. The molecule has 0 unspecified atom stereocenters. The van der Waals surface area contributed by atoms with Gasteiger partial charge < -0.3 is 20.7 Å². The molecule has 3 aromatic heterocycles. The molecule has 1 aliphatic rings. The van der Waals surface area contributed by atoms with Gasteiger partial charge in [0.1, 0.15) is 17.9 Å². The van der Waals surface area contributed by atoms with E-state index in [9.17, 15) is 5.11 Å². The Balaban J connectivity index is 0.000000267. The van der Waals surface area contributed by atoms with E-state index in [0.717, 1.165) is 0 Å². The molecular formula is C14H17N5O3Se. The van der Waals surface area contributed by atoms with Gasteiger partial charge in [-0.25, -0.2) is 15.0 Å². The van der Waals surface area contributed by atoms with Crippen molar-refractivity contribution in [1.29, 1.82) is 0 Å². The standard InChI is InChI=1S/C10H13N5O3.C4H4Se/c11-8-7-9(13-3-12-8)15(4-14-7)10-6(17)1-5(2-16)18-10;1-2-4-5-3-1/h3-6,10,16-17H,1-2H2,(H2,11,12,13);1-4H/t5-,6+,10+;/m0./s1. The van der Waals surface area contributed by atoms with Crippen molar-refractivity contribution in [1.82, 2.24) is 19.5 Å². The van der Waals surface area contributed by atoms with Crippen LogP contribution in [0.2, 0.25) is 0 Å². The molecule has 0 spiro atoms. The Bertz CT molecular complexity index is 731. The Hall–Kier alpha value is -1.77. The first kappa shape index (κ1) is 16.1. The minimum absolute atomic E-state index is 0.128. The monoisotopic (exact) mass is 383 g/mol. The third-order valence-corrected chi connectivity index (χ3v) is 4.77. The van der Waals surface area contributed by atoms with Gasteiger partial charge in [0, 0.05) is 6.42 Å². The Morgan fingerprint density at radius 1 is 1.30 bits per heavy atom. The van der Waals surface area contributed by atoms with Gasteiger partial charge in [0.2, 0.25) is 0 Å². The predicted molar refractivity (Wildman–Crippen MR) is 84.7 cm³/mol. The van der Waals surface area contributed by atoms with Crippen molar-refractivity contribution in [3.05, 3.63) is 34.7 Å². The van der Waals surface area contributed by atoms with Gasteiger partial charge in [-0.1, -0.05) is 0 Å². The number of imidazole rings is 1. The number of aromatic nitrogens is 4. The van der Waals surface area contributed by atoms with E-state index in [1.54, 1.807) is 4.57 Å². The maximum absolute atomic E-state index is 9.93. The van der Waals surface area contributed by atoms with Crippen molar-refractivity contribution >= 4 is 31.5 Å². The third kappa shape index (κ3) is 3.44. The number of rotatable bonds is 2. The van der Waals surface area contributed by atoms with E-state index < -0.39 is 12.3 Å². The average Bonchev–Trinajstić information content (AvgIpc) is 3.28. The molecule has 1 aliphatic heterocycles. The molecule has 3 atom stereocenters. The van der Waals surface area contributed by atoms with Crippen LogP contribution in [0.3, 0.4) is 0 Å². The van der Waals surface area contributed by atoms with Crippen LogP contribution in [-0.4, -0.2) is 63.1 Å². The van der Waals surface area contributed by atoms with E-state index in [4.69, 9.17) is 15.6 Å². The molecule has 0 amide bonds. The molecule has 0 aliphatic carbocycles. The summed E-state index contributed by atoms with van der Waals surface area (Å²) < 4.78 is 7.14. The summed E-state index contributed by atoms with van der Waals surface area (Å²) in [6.07, 6.45) is 1.52. The number of aliphatic hydroxyl groups excluding tert-OH is 2. The van der Waals surface area contributed by atoms with Gasteiger partial charge in [0.05, 0.1) is 19.0 Å². The number of ether oxygens (including phenoxy) is 1. The molecule has 122 valence electrons. The van der Waals surface area contributed by atoms with E-state index >= 15 is 0 Å². The van der Waals surface area contributed by atoms with Crippen molar-refractivity contribution in [3.8, 4) is 0 Å². The SMILES string of the molecule is Nc1ncnc2c1ncn2[C@@H]1O[C@H](CO)C[C@H]1O.c1cc[se]c1. The van der Waals surface area contributed by atoms with Crippen molar-refractivity contribution < 1.29 is 14.9 Å². The Morgan fingerprint density at radius 2 is 2.09 bits per heavy atom. The van der Waals surface area contributed by atoms with E-state index in [1.807, 2.05) is 0 Å². The molecular weight excluding hydrogens is 365 g/mol. The van der Waals surface area contributed by atoms with E-state index in [-0.39, 0.29) is 18.5 Å². The number of hydrogen-bond donors (Lipinski definition) is 3. The number of nitrogens with two attached hydrogens (primary N) is 1. The van der Waals surface area contributed by atoms with Crippen LogP contribution in [0, 0.1) is 0 Å². The van der Waals surface area contributed by atoms with Crippen LogP contribution >= 0.6 is 0 Å². The maximum atomic E-state index is 9.93. The molecule has 23 heavy (non-hydrogen) atoms. The Labute approximate surface area is 138 Å². The zero-order valence-corrected chi connectivity index (χ0v) is 13.9. The van der Waals surface area contributed by atoms with Crippen LogP contribution in [0.4, 0.5) is 5.82 Å². The summed E-state index contributed by atoms with van der Waals surface area (Å²) in [5, 5.41) is 19.0. The number of fused-ring (bicyclic) bond motifs is 1.